The summed E-state index contributed by atoms with van der Waals surface area (Å²) in [4.78, 5) is 12.9. The van der Waals surface area contributed by atoms with E-state index in [4.69, 9.17) is 16.0 Å². The fraction of sp³-hybridized carbons (Fsp3) is 0. The lowest BCUT2D eigenvalue weighted by atomic mass is 10.1. The summed E-state index contributed by atoms with van der Waals surface area (Å²) < 4.78 is 6.72. The zero-order valence-corrected chi connectivity index (χ0v) is 17.7. The number of phenolic OH excluding ortho intramolecular Hbond substituents is 1. The number of carbonyl (C=O) groups excluding carboxylic acids is 1. The number of nitrogens with one attached hydrogen (secondary N) is 2. The Morgan fingerprint density at radius 2 is 1.67 bits per heavy atom. The number of nitrogens with zero attached hydrogens (tertiary/aromatic N) is 1. The van der Waals surface area contributed by atoms with Gasteiger partial charge < -0.3 is 14.8 Å². The molecule has 0 saturated carbocycles. The van der Waals surface area contributed by atoms with Crippen molar-refractivity contribution in [1.82, 2.24) is 0 Å². The zero-order chi connectivity index (χ0) is 21.1. The van der Waals surface area contributed by atoms with Crippen molar-refractivity contribution in [2.45, 2.75) is 0 Å². The molecule has 0 bridgehead atoms. The second-order valence-electron chi connectivity index (χ2n) is 6.38. The first-order valence-corrected chi connectivity index (χ1v) is 10.0. The fourth-order valence-corrected chi connectivity index (χ4v) is 3.11. The smallest absolute Gasteiger partial charge is 0.261 e. The lowest BCUT2D eigenvalue weighted by Crippen LogP contribution is -2.22. The van der Waals surface area contributed by atoms with Crippen molar-refractivity contribution in [2.75, 3.05) is 10.7 Å². The molecule has 0 unspecified atom stereocenters. The van der Waals surface area contributed by atoms with Crippen LogP contribution in [-0.2, 0) is 0 Å². The first-order chi connectivity index (χ1) is 14.5. The second kappa shape index (κ2) is 8.61. The Morgan fingerprint density at radius 1 is 0.967 bits per heavy atom. The van der Waals surface area contributed by atoms with Crippen molar-refractivity contribution in [3.8, 4) is 5.75 Å². The molecule has 4 aromatic rings. The van der Waals surface area contributed by atoms with Crippen molar-refractivity contribution in [1.29, 1.82) is 0 Å². The van der Waals surface area contributed by atoms with E-state index >= 15 is 0 Å². The number of benzene rings is 3. The molecular formula is C22H15BrClN3O3. The predicted octanol–water partition coefficient (Wildman–Crippen LogP) is 5.73. The van der Waals surface area contributed by atoms with Crippen molar-refractivity contribution >= 4 is 55.8 Å². The number of halogens is 2. The van der Waals surface area contributed by atoms with Crippen LogP contribution in [0.2, 0.25) is 5.02 Å². The van der Waals surface area contributed by atoms with E-state index in [0.29, 0.717) is 27.4 Å². The largest absolute Gasteiger partial charge is 0.508 e. The van der Waals surface area contributed by atoms with Crippen molar-refractivity contribution in [3.05, 3.63) is 93.4 Å². The summed E-state index contributed by atoms with van der Waals surface area (Å²) in [6.07, 6.45) is 0. The van der Waals surface area contributed by atoms with Crippen LogP contribution in [0.3, 0.4) is 0 Å². The van der Waals surface area contributed by atoms with Gasteiger partial charge in [0.25, 0.3) is 5.91 Å². The Bertz CT molecular complexity index is 1290. The fourth-order valence-electron chi connectivity index (χ4n) is 2.72. The first kappa shape index (κ1) is 20.0. The highest BCUT2D eigenvalue weighted by molar-refractivity contribution is 9.10. The molecule has 30 heavy (non-hydrogen) atoms. The number of hydrogen-bond donors (Lipinski definition) is 3. The average molecular weight is 485 g/mol. The number of phenols is 1. The minimum Gasteiger partial charge on any atom is -0.508 e. The third-order valence-corrected chi connectivity index (χ3v) is 4.99. The molecule has 0 aliphatic carbocycles. The molecular weight excluding hydrogens is 470 g/mol. The minimum absolute atomic E-state index is 0.0509. The van der Waals surface area contributed by atoms with Gasteiger partial charge >= 0.3 is 0 Å². The van der Waals surface area contributed by atoms with Crippen molar-refractivity contribution in [3.63, 3.8) is 0 Å². The van der Waals surface area contributed by atoms with Gasteiger partial charge in [-0.15, -0.1) is 5.10 Å². The van der Waals surface area contributed by atoms with E-state index in [0.717, 1.165) is 4.47 Å². The van der Waals surface area contributed by atoms with Gasteiger partial charge in [-0.05, 0) is 66.7 Å². The van der Waals surface area contributed by atoms with Crippen molar-refractivity contribution < 1.29 is 14.3 Å². The number of fused-ring (bicyclic) bond motifs is 1. The Balaban J connectivity index is 1.75. The number of amides is 1. The normalized spacial score (nSPS) is 11.5. The van der Waals surface area contributed by atoms with E-state index in [2.05, 4.69) is 31.8 Å². The Morgan fingerprint density at radius 3 is 2.40 bits per heavy atom. The van der Waals surface area contributed by atoms with E-state index in [1.54, 1.807) is 48.5 Å². The van der Waals surface area contributed by atoms with Crippen LogP contribution < -0.4 is 16.3 Å². The molecule has 1 heterocycles. The van der Waals surface area contributed by atoms with Gasteiger partial charge in [0, 0.05) is 26.6 Å². The van der Waals surface area contributed by atoms with Crippen molar-refractivity contribution in [2.24, 2.45) is 5.10 Å². The number of carbonyl (C=O) groups is 1. The quantitative estimate of drug-likeness (QED) is 0.323. The van der Waals surface area contributed by atoms with Gasteiger partial charge in [-0.1, -0.05) is 27.5 Å². The standard InChI is InChI=1S/C22H15BrClN3O3/c23-14-2-6-16(7-3-14)25-21(29)19-11-13-1-10-18(28)12-20(13)30-22(19)27-26-17-8-4-15(24)5-9-17/h1-12,26,28H,(H,25,29)/b27-22+. The molecule has 3 aromatic carbocycles. The topological polar surface area (TPSA) is 86.9 Å². The van der Waals surface area contributed by atoms with Crippen LogP contribution in [0.25, 0.3) is 11.0 Å². The highest BCUT2D eigenvalue weighted by Gasteiger charge is 2.13. The second-order valence-corrected chi connectivity index (χ2v) is 7.73. The van der Waals surface area contributed by atoms with Gasteiger partial charge in [-0.2, -0.15) is 0 Å². The summed E-state index contributed by atoms with van der Waals surface area (Å²) in [6, 6.07) is 20.5. The molecule has 0 saturated heterocycles. The summed E-state index contributed by atoms with van der Waals surface area (Å²) >= 11 is 9.27. The van der Waals surface area contributed by atoms with Crippen LogP contribution in [0.15, 0.2) is 86.8 Å². The van der Waals surface area contributed by atoms with E-state index in [1.165, 1.54) is 12.1 Å². The summed E-state index contributed by atoms with van der Waals surface area (Å²) in [5, 5.41) is 18.1. The molecule has 150 valence electrons. The maximum Gasteiger partial charge on any atom is 0.261 e. The van der Waals surface area contributed by atoms with Gasteiger partial charge in [-0.25, -0.2) is 0 Å². The minimum atomic E-state index is -0.382. The molecule has 3 N–H and O–H groups in total. The molecule has 0 spiro atoms. The van der Waals surface area contributed by atoms with Crippen LogP contribution in [-0.4, -0.2) is 11.0 Å². The highest BCUT2D eigenvalue weighted by atomic mass is 79.9. The third kappa shape index (κ3) is 4.64. The van der Waals surface area contributed by atoms with E-state index in [1.807, 2.05) is 12.1 Å². The zero-order valence-electron chi connectivity index (χ0n) is 15.4. The van der Waals surface area contributed by atoms with Crippen LogP contribution in [0, 0.1) is 0 Å². The van der Waals surface area contributed by atoms with Gasteiger partial charge in [0.1, 0.15) is 16.9 Å². The summed E-state index contributed by atoms with van der Waals surface area (Å²) in [5.41, 5.74) is 4.86. The molecule has 1 aromatic heterocycles. The SMILES string of the molecule is O=C(Nc1ccc(Br)cc1)c1cc2ccc(O)cc2o/c1=N/Nc1ccc(Cl)cc1. The maximum absolute atomic E-state index is 12.9. The van der Waals surface area contributed by atoms with Gasteiger partial charge in [0.2, 0.25) is 5.55 Å². The Kier molecular flexibility index (Phi) is 5.74. The first-order valence-electron chi connectivity index (χ1n) is 8.87. The van der Waals surface area contributed by atoms with Crippen LogP contribution in [0.1, 0.15) is 10.4 Å². The molecule has 4 rings (SSSR count). The van der Waals surface area contributed by atoms with Gasteiger partial charge in [0.15, 0.2) is 0 Å². The van der Waals surface area contributed by atoms with Crippen LogP contribution in [0.5, 0.6) is 5.75 Å². The predicted molar refractivity (Wildman–Crippen MR) is 121 cm³/mol. The van der Waals surface area contributed by atoms with Crippen LogP contribution >= 0.6 is 27.5 Å². The number of aromatic hydroxyl groups is 1. The van der Waals surface area contributed by atoms with Gasteiger partial charge in [-0.3, -0.25) is 10.2 Å². The lowest BCUT2D eigenvalue weighted by Gasteiger charge is -2.08. The monoisotopic (exact) mass is 483 g/mol. The summed E-state index contributed by atoms with van der Waals surface area (Å²) in [5.74, 6) is -0.331. The van der Waals surface area contributed by atoms with E-state index < -0.39 is 0 Å². The molecule has 0 aliphatic heterocycles. The lowest BCUT2D eigenvalue weighted by molar-refractivity contribution is 0.102. The number of anilines is 2. The third-order valence-electron chi connectivity index (χ3n) is 4.21. The summed E-state index contributed by atoms with van der Waals surface area (Å²) in [7, 11) is 0. The van der Waals surface area contributed by atoms with E-state index in [-0.39, 0.29) is 22.8 Å². The molecule has 1 amide bonds. The molecule has 0 aliphatic rings. The molecule has 0 atom stereocenters. The Hall–Kier alpha value is -3.29. The van der Waals surface area contributed by atoms with Crippen LogP contribution in [0.4, 0.5) is 11.4 Å². The molecule has 6 nitrogen and oxygen atoms in total. The summed E-state index contributed by atoms with van der Waals surface area (Å²) in [6.45, 7) is 0. The Labute approximate surface area is 184 Å². The average Bonchev–Trinajstić information content (AvgIpc) is 2.74. The maximum atomic E-state index is 12.9. The number of rotatable bonds is 4. The number of hydrogen-bond acceptors (Lipinski definition) is 5. The highest BCUT2D eigenvalue weighted by Crippen LogP contribution is 2.20. The van der Waals surface area contributed by atoms with Gasteiger partial charge in [0.05, 0.1) is 5.69 Å². The molecule has 0 fully saturated rings. The van der Waals surface area contributed by atoms with E-state index in [9.17, 15) is 9.90 Å². The molecule has 8 heteroatoms. The molecule has 0 radical (unpaired) electrons.